The van der Waals surface area contributed by atoms with E-state index in [0.717, 1.165) is 11.3 Å². The summed E-state index contributed by atoms with van der Waals surface area (Å²) >= 11 is 1.57. The molecular weight excluding hydrogens is 378 g/mol. The number of hydrogen-bond donors (Lipinski definition) is 1. The number of methoxy groups -OCH3 is 1. The molecule has 0 radical (unpaired) electrons. The van der Waals surface area contributed by atoms with E-state index in [0.29, 0.717) is 5.75 Å². The molecule has 28 heavy (non-hydrogen) atoms. The molecule has 0 spiro atoms. The molecule has 7 heteroatoms. The van der Waals surface area contributed by atoms with Crippen LogP contribution < -0.4 is 10.1 Å². The Balaban J connectivity index is 2.79. The van der Waals surface area contributed by atoms with E-state index in [1.54, 1.807) is 58.7 Å². The van der Waals surface area contributed by atoms with Crippen molar-refractivity contribution < 1.29 is 23.8 Å². The van der Waals surface area contributed by atoms with Crippen molar-refractivity contribution in [2.75, 3.05) is 12.9 Å². The first kappa shape index (κ1) is 24.1. The van der Waals surface area contributed by atoms with E-state index in [-0.39, 0.29) is 11.4 Å². The highest BCUT2D eigenvalue weighted by Crippen LogP contribution is 2.28. The van der Waals surface area contributed by atoms with Crippen molar-refractivity contribution in [3.63, 3.8) is 0 Å². The van der Waals surface area contributed by atoms with E-state index >= 15 is 0 Å². The average Bonchev–Trinajstić information content (AvgIpc) is 2.56. The van der Waals surface area contributed by atoms with Gasteiger partial charge in [0.25, 0.3) is 0 Å². The Morgan fingerprint density at radius 1 is 1.00 bits per heavy atom. The van der Waals surface area contributed by atoms with Crippen LogP contribution in [0.25, 0.3) is 0 Å². The van der Waals surface area contributed by atoms with Crippen molar-refractivity contribution in [2.24, 2.45) is 0 Å². The van der Waals surface area contributed by atoms with Gasteiger partial charge < -0.3 is 19.5 Å². The molecule has 0 saturated carbocycles. The minimum atomic E-state index is -1.21. The van der Waals surface area contributed by atoms with Gasteiger partial charge in [0.15, 0.2) is 0 Å². The van der Waals surface area contributed by atoms with Crippen LogP contribution in [0.5, 0.6) is 5.75 Å². The highest BCUT2D eigenvalue weighted by molar-refractivity contribution is 8.00. The zero-order valence-corrected chi connectivity index (χ0v) is 19.0. The normalized spacial score (nSPS) is 14.0. The molecule has 0 heterocycles. The van der Waals surface area contributed by atoms with Crippen LogP contribution in [-0.2, 0) is 20.9 Å². The maximum atomic E-state index is 12.8. The molecule has 158 valence electrons. The Hall–Kier alpha value is -1.89. The summed E-state index contributed by atoms with van der Waals surface area (Å²) < 4.78 is 15.9. The maximum absolute atomic E-state index is 12.8. The summed E-state index contributed by atoms with van der Waals surface area (Å²) in [6.45, 7) is 13.3. The van der Waals surface area contributed by atoms with Gasteiger partial charge in [0.2, 0.25) is 0 Å². The van der Waals surface area contributed by atoms with E-state index in [4.69, 9.17) is 14.2 Å². The van der Waals surface area contributed by atoms with Crippen LogP contribution in [0.4, 0.5) is 4.79 Å². The summed E-state index contributed by atoms with van der Waals surface area (Å²) in [6.07, 6.45) is -0.668. The van der Waals surface area contributed by atoms with Gasteiger partial charge in [-0.3, -0.25) is 0 Å². The van der Waals surface area contributed by atoms with E-state index in [9.17, 15) is 9.59 Å². The number of carbonyl (C=O) groups is 2. The second kappa shape index (κ2) is 9.54. The van der Waals surface area contributed by atoms with E-state index < -0.39 is 23.2 Å². The molecule has 0 aliphatic rings. The number of ether oxygens (including phenoxy) is 3. The monoisotopic (exact) mass is 411 g/mol. The number of thioether (sulfide) groups is 1. The third-order valence-electron chi connectivity index (χ3n) is 3.55. The highest BCUT2D eigenvalue weighted by Gasteiger charge is 2.40. The van der Waals surface area contributed by atoms with Gasteiger partial charge in [0.05, 0.1) is 7.11 Å². The zero-order valence-electron chi connectivity index (χ0n) is 18.2. The molecule has 1 amide bonds. The van der Waals surface area contributed by atoms with Gasteiger partial charge in [0, 0.05) is 10.5 Å². The molecule has 0 aliphatic carbocycles. The Morgan fingerprint density at radius 2 is 1.57 bits per heavy atom. The molecule has 1 aromatic rings. The molecular formula is C21H33NO5S. The molecule has 0 bridgehead atoms. The van der Waals surface area contributed by atoms with Gasteiger partial charge in [0.1, 0.15) is 23.5 Å². The zero-order chi connectivity index (χ0) is 21.6. The topological polar surface area (TPSA) is 73.9 Å². The van der Waals surface area contributed by atoms with Crippen LogP contribution >= 0.6 is 11.8 Å². The molecule has 0 fully saturated rings. The van der Waals surface area contributed by atoms with Crippen LogP contribution in [0.1, 0.15) is 54.0 Å². The predicted molar refractivity (Wildman–Crippen MR) is 113 cm³/mol. The van der Waals surface area contributed by atoms with Crippen molar-refractivity contribution in [3.05, 3.63) is 29.8 Å². The molecule has 1 N–H and O–H groups in total. The number of nitrogens with one attached hydrogen (secondary N) is 1. The first-order valence-corrected chi connectivity index (χ1v) is 10.2. The second-order valence-corrected chi connectivity index (χ2v) is 10.6. The summed E-state index contributed by atoms with van der Waals surface area (Å²) in [6, 6.07) is 7.21. The van der Waals surface area contributed by atoms with E-state index in [1.165, 1.54) is 0 Å². The fraction of sp³-hybridized carbons (Fsp3) is 0.619. The molecule has 6 nitrogen and oxygen atoms in total. The van der Waals surface area contributed by atoms with Crippen LogP contribution in [0.3, 0.4) is 0 Å². The molecule has 0 saturated heterocycles. The van der Waals surface area contributed by atoms with Gasteiger partial charge in [-0.2, -0.15) is 11.8 Å². The van der Waals surface area contributed by atoms with Crippen molar-refractivity contribution >= 4 is 23.8 Å². The summed E-state index contributed by atoms with van der Waals surface area (Å²) in [5.74, 6) is 0.603. The minimum absolute atomic E-state index is 0.0715. The lowest BCUT2D eigenvalue weighted by Gasteiger charge is -2.33. The number of esters is 1. The van der Waals surface area contributed by atoms with Gasteiger partial charge in [-0.1, -0.05) is 32.9 Å². The SMILES string of the molecule is COc1ccc(COC(=O)N[C@](C)(CSC(C)(C)C)C(=O)OC(C)(C)C)cc1. The number of amides is 1. The smallest absolute Gasteiger partial charge is 0.408 e. The molecule has 1 atom stereocenters. The number of hydrogen-bond acceptors (Lipinski definition) is 6. The quantitative estimate of drug-likeness (QED) is 0.664. The first-order chi connectivity index (χ1) is 12.7. The fourth-order valence-corrected chi connectivity index (χ4v) is 2.94. The average molecular weight is 412 g/mol. The van der Waals surface area contributed by atoms with Crippen molar-refractivity contribution in [1.29, 1.82) is 0 Å². The number of benzene rings is 1. The van der Waals surface area contributed by atoms with Gasteiger partial charge in [-0.15, -0.1) is 0 Å². The standard InChI is InChI=1S/C21H33NO5S/c1-19(2,3)27-17(23)21(7,14-28-20(4,5)6)22-18(24)26-13-15-9-11-16(25-8)12-10-15/h9-12H,13-14H2,1-8H3,(H,22,24)/t21-/m1/s1. The summed E-state index contributed by atoms with van der Waals surface area (Å²) in [5, 5.41) is 2.70. The van der Waals surface area contributed by atoms with Crippen molar-refractivity contribution in [3.8, 4) is 5.75 Å². The Bertz CT molecular complexity index is 661. The van der Waals surface area contributed by atoms with Crippen molar-refractivity contribution in [1.82, 2.24) is 5.32 Å². The number of carbonyl (C=O) groups excluding carboxylic acids is 2. The first-order valence-electron chi connectivity index (χ1n) is 9.19. The maximum Gasteiger partial charge on any atom is 0.408 e. The van der Waals surface area contributed by atoms with E-state index in [2.05, 4.69) is 26.1 Å². The highest BCUT2D eigenvalue weighted by atomic mass is 32.2. The lowest BCUT2D eigenvalue weighted by Crippen LogP contribution is -2.56. The van der Waals surface area contributed by atoms with Gasteiger partial charge in [-0.05, 0) is 45.4 Å². The van der Waals surface area contributed by atoms with Crippen LogP contribution in [0.15, 0.2) is 24.3 Å². The Kier molecular flexibility index (Phi) is 8.23. The minimum Gasteiger partial charge on any atom is -0.497 e. The Labute approximate surface area is 172 Å². The molecule has 0 aliphatic heterocycles. The summed E-state index contributed by atoms with van der Waals surface area (Å²) in [5.41, 5.74) is -1.04. The lowest BCUT2D eigenvalue weighted by atomic mass is 10.1. The van der Waals surface area contributed by atoms with Crippen LogP contribution in [0.2, 0.25) is 0 Å². The van der Waals surface area contributed by atoms with Gasteiger partial charge in [-0.25, -0.2) is 9.59 Å². The lowest BCUT2D eigenvalue weighted by molar-refractivity contribution is -0.161. The largest absolute Gasteiger partial charge is 0.497 e. The van der Waals surface area contributed by atoms with Crippen molar-refractivity contribution in [2.45, 2.75) is 71.0 Å². The van der Waals surface area contributed by atoms with Gasteiger partial charge >= 0.3 is 12.1 Å². The number of alkyl carbamates (subject to hydrolysis) is 1. The second-order valence-electron chi connectivity index (χ2n) is 8.78. The van der Waals surface area contributed by atoms with Crippen LogP contribution in [0, 0.1) is 0 Å². The molecule has 1 rings (SSSR count). The third-order valence-corrected chi connectivity index (χ3v) is 5.14. The summed E-state index contributed by atoms with van der Waals surface area (Å²) in [7, 11) is 1.59. The predicted octanol–water partition coefficient (Wildman–Crippen LogP) is 4.55. The summed E-state index contributed by atoms with van der Waals surface area (Å²) in [4.78, 5) is 25.1. The Morgan fingerprint density at radius 3 is 2.04 bits per heavy atom. The third kappa shape index (κ3) is 8.87. The molecule has 0 unspecified atom stereocenters. The van der Waals surface area contributed by atoms with E-state index in [1.807, 2.05) is 12.1 Å². The molecule has 1 aromatic carbocycles. The van der Waals surface area contributed by atoms with Crippen LogP contribution in [-0.4, -0.2) is 40.8 Å². The number of rotatable bonds is 7. The fourth-order valence-electron chi connectivity index (χ4n) is 2.03. The molecule has 0 aromatic heterocycles.